The van der Waals surface area contributed by atoms with E-state index >= 15 is 0 Å². The summed E-state index contributed by atoms with van der Waals surface area (Å²) in [7, 11) is 6.23. The van der Waals surface area contributed by atoms with Crippen molar-refractivity contribution in [1.82, 2.24) is 0 Å². The predicted octanol–water partition coefficient (Wildman–Crippen LogP) is 4.64. The average Bonchev–Trinajstić information content (AvgIpc) is 3.17. The molecule has 0 saturated heterocycles. The number of methoxy groups -OCH3 is 4. The summed E-state index contributed by atoms with van der Waals surface area (Å²) in [6.45, 7) is 0. The molecule has 0 aromatic heterocycles. The van der Waals surface area contributed by atoms with Gasteiger partial charge in [-0.15, -0.1) is 0 Å². The third kappa shape index (κ3) is 3.49. The van der Waals surface area contributed by atoms with E-state index in [4.69, 9.17) is 18.9 Å². The summed E-state index contributed by atoms with van der Waals surface area (Å²) in [5.41, 5.74) is 3.35. The SMILES string of the molecule is COc1ccc([C@@H]2c3cc(OC)c(OC)cc3[C@H](c3ccccc3)[C@H]2[N+](=O)[O-])cc1OC. The second kappa shape index (κ2) is 8.78. The fourth-order valence-electron chi connectivity index (χ4n) is 4.71. The lowest BCUT2D eigenvalue weighted by Gasteiger charge is -2.20. The van der Waals surface area contributed by atoms with E-state index in [0.717, 1.165) is 22.3 Å². The van der Waals surface area contributed by atoms with E-state index in [-0.39, 0.29) is 4.92 Å². The molecule has 1 aliphatic rings. The fraction of sp³-hybridized carbons (Fsp3) is 0.280. The summed E-state index contributed by atoms with van der Waals surface area (Å²) in [5, 5.41) is 12.5. The summed E-state index contributed by atoms with van der Waals surface area (Å²) < 4.78 is 21.9. The van der Waals surface area contributed by atoms with E-state index in [1.165, 1.54) is 0 Å². The molecule has 0 amide bonds. The molecular weight excluding hydrogens is 410 g/mol. The second-order valence-electron chi connectivity index (χ2n) is 7.59. The van der Waals surface area contributed by atoms with Gasteiger partial charge in [-0.2, -0.15) is 0 Å². The number of nitro groups is 1. The Kier molecular flexibility index (Phi) is 5.90. The van der Waals surface area contributed by atoms with Crippen LogP contribution in [-0.4, -0.2) is 39.4 Å². The minimum atomic E-state index is -0.915. The highest BCUT2D eigenvalue weighted by molar-refractivity contribution is 5.59. The van der Waals surface area contributed by atoms with Crippen LogP contribution in [-0.2, 0) is 0 Å². The topological polar surface area (TPSA) is 80.1 Å². The lowest BCUT2D eigenvalue weighted by molar-refractivity contribution is -0.525. The number of rotatable bonds is 7. The monoisotopic (exact) mass is 435 g/mol. The van der Waals surface area contributed by atoms with Gasteiger partial charge in [-0.1, -0.05) is 36.4 Å². The maximum absolute atomic E-state index is 12.5. The minimum absolute atomic E-state index is 0.183. The molecule has 0 radical (unpaired) electrons. The molecular formula is C25H25NO6. The Balaban J connectivity index is 1.99. The first-order valence-corrected chi connectivity index (χ1v) is 10.2. The molecule has 32 heavy (non-hydrogen) atoms. The highest BCUT2D eigenvalue weighted by Crippen LogP contribution is 2.53. The van der Waals surface area contributed by atoms with Crippen molar-refractivity contribution < 1.29 is 23.9 Å². The van der Waals surface area contributed by atoms with Crippen LogP contribution in [0.15, 0.2) is 60.7 Å². The number of ether oxygens (including phenoxy) is 4. The quantitative estimate of drug-likeness (QED) is 0.397. The number of fused-ring (bicyclic) bond motifs is 1. The molecule has 7 nitrogen and oxygen atoms in total. The molecule has 1 aliphatic carbocycles. The Morgan fingerprint density at radius 1 is 0.656 bits per heavy atom. The van der Waals surface area contributed by atoms with Crippen LogP contribution in [0.5, 0.6) is 23.0 Å². The van der Waals surface area contributed by atoms with Crippen molar-refractivity contribution in [2.75, 3.05) is 28.4 Å². The molecule has 0 unspecified atom stereocenters. The van der Waals surface area contributed by atoms with Crippen LogP contribution in [0.4, 0.5) is 0 Å². The molecule has 7 heteroatoms. The number of nitrogens with zero attached hydrogens (tertiary/aromatic N) is 1. The summed E-state index contributed by atoms with van der Waals surface area (Å²) in [6.07, 6.45) is 0. The van der Waals surface area contributed by atoms with Gasteiger partial charge >= 0.3 is 0 Å². The van der Waals surface area contributed by atoms with Crippen LogP contribution in [0.3, 0.4) is 0 Å². The third-order valence-corrected chi connectivity index (χ3v) is 6.11. The Labute approximate surface area is 186 Å². The van der Waals surface area contributed by atoms with Crippen LogP contribution < -0.4 is 18.9 Å². The summed E-state index contributed by atoms with van der Waals surface area (Å²) >= 11 is 0. The van der Waals surface area contributed by atoms with Crippen molar-refractivity contribution in [3.8, 4) is 23.0 Å². The lowest BCUT2D eigenvalue weighted by atomic mass is 9.85. The minimum Gasteiger partial charge on any atom is -0.493 e. The molecule has 4 rings (SSSR count). The first-order valence-electron chi connectivity index (χ1n) is 10.2. The van der Waals surface area contributed by atoms with E-state index < -0.39 is 17.9 Å². The molecule has 0 spiro atoms. The number of hydrogen-bond acceptors (Lipinski definition) is 6. The molecule has 0 fully saturated rings. The van der Waals surface area contributed by atoms with Crippen LogP contribution in [0.1, 0.15) is 34.1 Å². The second-order valence-corrected chi connectivity index (χ2v) is 7.59. The lowest BCUT2D eigenvalue weighted by Crippen LogP contribution is -2.29. The highest BCUT2D eigenvalue weighted by atomic mass is 16.6. The summed E-state index contributed by atoms with van der Waals surface area (Å²) in [5.74, 6) is 1.22. The average molecular weight is 435 g/mol. The van der Waals surface area contributed by atoms with Gasteiger partial charge in [-0.25, -0.2) is 0 Å². The van der Waals surface area contributed by atoms with Gasteiger partial charge in [-0.05, 0) is 46.5 Å². The normalized spacial score (nSPS) is 19.2. The van der Waals surface area contributed by atoms with Crippen molar-refractivity contribution >= 4 is 0 Å². The van der Waals surface area contributed by atoms with E-state index in [1.54, 1.807) is 34.5 Å². The van der Waals surface area contributed by atoms with Crippen LogP contribution in [0, 0.1) is 10.1 Å². The zero-order chi connectivity index (χ0) is 22.8. The van der Waals surface area contributed by atoms with E-state index in [1.807, 2.05) is 54.6 Å². The fourth-order valence-corrected chi connectivity index (χ4v) is 4.71. The maximum Gasteiger partial charge on any atom is 0.234 e. The van der Waals surface area contributed by atoms with Crippen molar-refractivity contribution in [3.63, 3.8) is 0 Å². The van der Waals surface area contributed by atoms with Gasteiger partial charge in [0.2, 0.25) is 6.04 Å². The molecule has 166 valence electrons. The molecule has 3 aromatic carbocycles. The highest BCUT2D eigenvalue weighted by Gasteiger charge is 2.50. The van der Waals surface area contributed by atoms with Gasteiger partial charge in [0, 0.05) is 4.92 Å². The smallest absolute Gasteiger partial charge is 0.234 e. The van der Waals surface area contributed by atoms with Gasteiger partial charge in [0.05, 0.1) is 40.3 Å². The van der Waals surface area contributed by atoms with E-state index in [2.05, 4.69) is 0 Å². The maximum atomic E-state index is 12.5. The first-order chi connectivity index (χ1) is 15.5. The molecule has 0 bridgehead atoms. The molecule has 0 saturated carbocycles. The van der Waals surface area contributed by atoms with Crippen LogP contribution >= 0.6 is 0 Å². The Morgan fingerprint density at radius 3 is 1.66 bits per heavy atom. The van der Waals surface area contributed by atoms with Crippen molar-refractivity contribution in [1.29, 1.82) is 0 Å². The van der Waals surface area contributed by atoms with Crippen molar-refractivity contribution in [3.05, 3.63) is 93.0 Å². The van der Waals surface area contributed by atoms with Gasteiger partial charge in [-0.3, -0.25) is 10.1 Å². The zero-order valence-corrected chi connectivity index (χ0v) is 18.4. The first kappa shape index (κ1) is 21.5. The Morgan fingerprint density at radius 2 is 1.16 bits per heavy atom. The number of hydrogen-bond donors (Lipinski definition) is 0. The molecule has 0 aliphatic heterocycles. The summed E-state index contributed by atoms with van der Waals surface area (Å²) in [6, 6.07) is 17.8. The van der Waals surface area contributed by atoms with Gasteiger partial charge in [0.15, 0.2) is 23.0 Å². The van der Waals surface area contributed by atoms with E-state index in [9.17, 15) is 10.1 Å². The zero-order valence-electron chi connectivity index (χ0n) is 18.4. The van der Waals surface area contributed by atoms with Crippen molar-refractivity contribution in [2.24, 2.45) is 0 Å². The van der Waals surface area contributed by atoms with Gasteiger partial charge in [0.25, 0.3) is 0 Å². The van der Waals surface area contributed by atoms with Crippen LogP contribution in [0.25, 0.3) is 0 Å². The molecule has 0 N–H and O–H groups in total. The Bertz CT molecular complexity index is 1130. The molecule has 3 atom stereocenters. The van der Waals surface area contributed by atoms with Gasteiger partial charge < -0.3 is 18.9 Å². The van der Waals surface area contributed by atoms with Crippen molar-refractivity contribution in [2.45, 2.75) is 17.9 Å². The largest absolute Gasteiger partial charge is 0.493 e. The van der Waals surface area contributed by atoms with Crippen LogP contribution in [0.2, 0.25) is 0 Å². The molecule has 3 aromatic rings. The Hall–Kier alpha value is -3.74. The predicted molar refractivity (Wildman–Crippen MR) is 120 cm³/mol. The molecule has 0 heterocycles. The summed E-state index contributed by atoms with van der Waals surface area (Å²) in [4.78, 5) is 12.3. The van der Waals surface area contributed by atoms with E-state index in [0.29, 0.717) is 23.0 Å². The third-order valence-electron chi connectivity index (χ3n) is 6.11. The standard InChI is InChI=1S/C25H25NO6/c1-29-19-11-10-16(12-20(19)30-2)24-18-14-22(32-4)21(31-3)13-17(18)23(25(24)26(27)28)15-8-6-5-7-9-15/h5-14,23-25H,1-4H3/t23-,24+,25+/m0/s1. The number of benzene rings is 3. The van der Waals surface area contributed by atoms with Gasteiger partial charge in [0.1, 0.15) is 0 Å².